The predicted molar refractivity (Wildman–Crippen MR) is 100.0 cm³/mol. The van der Waals surface area contributed by atoms with Crippen LogP contribution in [0.1, 0.15) is 71.6 Å². The predicted octanol–water partition coefficient (Wildman–Crippen LogP) is 2.39. The van der Waals surface area contributed by atoms with Crippen LogP contribution < -0.4 is 0 Å². The zero-order valence-electron chi connectivity index (χ0n) is 16.6. The summed E-state index contributed by atoms with van der Waals surface area (Å²) in [4.78, 5) is 66.8. The molecule has 1 N–H and O–H groups in total. The lowest BCUT2D eigenvalue weighted by Gasteiger charge is -2.34. The first-order valence-electron chi connectivity index (χ1n) is 9.57. The van der Waals surface area contributed by atoms with Crippen molar-refractivity contribution in [3.05, 3.63) is 22.5 Å². The van der Waals surface area contributed by atoms with Gasteiger partial charge in [-0.05, 0) is 45.1 Å². The molecule has 1 saturated carbocycles. The Bertz CT molecular complexity index is 885. The Morgan fingerprint density at radius 2 is 1.71 bits per heavy atom. The van der Waals surface area contributed by atoms with Crippen LogP contribution in [0.15, 0.2) is 0 Å². The minimum Gasteiger partial charge on any atom is -0.355 e. The number of imide groups is 2. The molecule has 28 heavy (non-hydrogen) atoms. The lowest BCUT2D eigenvalue weighted by atomic mass is 9.85. The first kappa shape index (κ1) is 20.0. The average Bonchev–Trinajstić information content (AvgIpc) is 3.04. The Morgan fingerprint density at radius 3 is 2.29 bits per heavy atom. The van der Waals surface area contributed by atoms with E-state index >= 15 is 0 Å². The number of nitrogens with zero attached hydrogens (tertiary/aromatic N) is 2. The zero-order valence-corrected chi connectivity index (χ0v) is 16.6. The molecule has 1 saturated heterocycles. The second-order valence-electron chi connectivity index (χ2n) is 7.78. The van der Waals surface area contributed by atoms with E-state index in [2.05, 4.69) is 4.98 Å². The molecule has 1 aliphatic heterocycles. The van der Waals surface area contributed by atoms with Gasteiger partial charge in [0.2, 0.25) is 0 Å². The molecule has 4 amide bonds. The summed E-state index contributed by atoms with van der Waals surface area (Å²) >= 11 is 0. The maximum atomic E-state index is 12.8. The van der Waals surface area contributed by atoms with Gasteiger partial charge in [0, 0.05) is 17.3 Å². The number of Topliss-reactive ketones (excluding diaryl/α,β-unsaturated/α-hetero) is 2. The monoisotopic (exact) mass is 387 g/mol. The van der Waals surface area contributed by atoms with Gasteiger partial charge in [-0.1, -0.05) is 19.8 Å². The summed E-state index contributed by atoms with van der Waals surface area (Å²) in [6, 6.07) is -1.04. The smallest absolute Gasteiger partial charge is 0.334 e. The van der Waals surface area contributed by atoms with E-state index in [4.69, 9.17) is 0 Å². The summed E-state index contributed by atoms with van der Waals surface area (Å²) in [6.07, 6.45) is 3.50. The number of nitrogens with one attached hydrogen (secondary N) is 1. The molecule has 3 rings (SSSR count). The molecule has 2 aliphatic rings. The number of aromatic nitrogens is 1. The lowest BCUT2D eigenvalue weighted by Crippen LogP contribution is -2.46. The first-order chi connectivity index (χ1) is 13.1. The summed E-state index contributed by atoms with van der Waals surface area (Å²) in [5.74, 6) is -2.40. The van der Waals surface area contributed by atoms with Crippen molar-refractivity contribution in [2.75, 3.05) is 6.54 Å². The lowest BCUT2D eigenvalue weighted by molar-refractivity contribution is -0.144. The van der Waals surface area contributed by atoms with Crippen molar-refractivity contribution in [3.63, 3.8) is 0 Å². The quantitative estimate of drug-likeness (QED) is 0.474. The number of carbonyl (C=O) groups is 5. The van der Waals surface area contributed by atoms with E-state index < -0.39 is 30.2 Å². The highest BCUT2D eigenvalue weighted by Gasteiger charge is 2.49. The fourth-order valence-corrected chi connectivity index (χ4v) is 4.41. The van der Waals surface area contributed by atoms with Crippen LogP contribution in [-0.2, 0) is 9.59 Å². The fraction of sp³-hybridized carbons (Fsp3) is 0.550. The first-order valence-corrected chi connectivity index (χ1v) is 9.57. The Labute approximate surface area is 163 Å². The van der Waals surface area contributed by atoms with E-state index in [9.17, 15) is 24.0 Å². The number of aromatic amines is 1. The summed E-state index contributed by atoms with van der Waals surface area (Å²) < 4.78 is 0. The molecule has 0 unspecified atom stereocenters. The van der Waals surface area contributed by atoms with Gasteiger partial charge < -0.3 is 4.98 Å². The molecule has 2 heterocycles. The third kappa shape index (κ3) is 3.16. The summed E-state index contributed by atoms with van der Waals surface area (Å²) in [7, 11) is 0. The van der Waals surface area contributed by atoms with E-state index in [0.29, 0.717) is 23.2 Å². The molecule has 1 aromatic heterocycles. The maximum Gasteiger partial charge on any atom is 0.334 e. The Morgan fingerprint density at radius 1 is 1.07 bits per heavy atom. The Hall–Kier alpha value is -2.77. The normalized spacial score (nSPS) is 22.9. The number of hydrogen-bond donors (Lipinski definition) is 1. The van der Waals surface area contributed by atoms with Gasteiger partial charge in [0.25, 0.3) is 0 Å². The number of rotatable bonds is 5. The van der Waals surface area contributed by atoms with Crippen molar-refractivity contribution in [1.82, 2.24) is 14.8 Å². The summed E-state index contributed by atoms with van der Waals surface area (Å²) in [5, 5.41) is 0. The molecule has 1 aromatic rings. The van der Waals surface area contributed by atoms with E-state index in [1.165, 1.54) is 6.92 Å². The molecule has 150 valence electrons. The van der Waals surface area contributed by atoms with E-state index in [1.54, 1.807) is 13.8 Å². The van der Waals surface area contributed by atoms with Gasteiger partial charge in [-0.15, -0.1) is 0 Å². The molecule has 1 aliphatic carbocycles. The number of urea groups is 1. The zero-order chi connectivity index (χ0) is 20.7. The molecule has 0 bridgehead atoms. The van der Waals surface area contributed by atoms with Crippen molar-refractivity contribution in [3.8, 4) is 0 Å². The van der Waals surface area contributed by atoms with Crippen molar-refractivity contribution in [2.24, 2.45) is 5.92 Å². The summed E-state index contributed by atoms with van der Waals surface area (Å²) in [6.45, 7) is 6.17. The van der Waals surface area contributed by atoms with Gasteiger partial charge >= 0.3 is 17.8 Å². The highest BCUT2D eigenvalue weighted by Crippen LogP contribution is 2.31. The minimum absolute atomic E-state index is 0.122. The van der Waals surface area contributed by atoms with E-state index in [0.717, 1.165) is 29.1 Å². The van der Waals surface area contributed by atoms with Crippen LogP contribution in [0, 0.1) is 19.8 Å². The molecular weight excluding hydrogens is 362 g/mol. The third-order valence-electron chi connectivity index (χ3n) is 5.85. The van der Waals surface area contributed by atoms with Gasteiger partial charge in [-0.2, -0.15) is 0 Å². The summed E-state index contributed by atoms with van der Waals surface area (Å²) in [5.41, 5.74) is 1.65. The topological polar surface area (TPSA) is 108 Å². The molecule has 0 radical (unpaired) electrons. The van der Waals surface area contributed by atoms with Crippen molar-refractivity contribution in [1.29, 1.82) is 0 Å². The standard InChI is InChI=1S/C20H25N3O5/c1-10-7-5-6-8-14(10)23-19(27)18(26)22(20(23)28)9-15(25)17-11(2)16(13(4)24)12(3)21-17/h10,14,21H,5-9H2,1-4H3/t10-,14-/m1/s1. The minimum atomic E-state index is -0.969. The van der Waals surface area contributed by atoms with Crippen molar-refractivity contribution in [2.45, 2.75) is 59.4 Å². The van der Waals surface area contributed by atoms with Crippen LogP contribution in [0.5, 0.6) is 0 Å². The number of ketones is 2. The fourth-order valence-electron chi connectivity index (χ4n) is 4.41. The van der Waals surface area contributed by atoms with Crippen molar-refractivity contribution >= 4 is 29.4 Å². The number of H-pyrrole nitrogens is 1. The van der Waals surface area contributed by atoms with Gasteiger partial charge in [0.1, 0.15) is 0 Å². The molecular formula is C20H25N3O5. The molecule has 0 spiro atoms. The SMILES string of the molecule is CC(=O)c1c(C)[nH]c(C(=O)CN2C(=O)C(=O)N([C@@H]3CCCC[C@H]3C)C2=O)c1C. The van der Waals surface area contributed by atoms with Gasteiger partial charge in [-0.25, -0.2) is 9.69 Å². The molecule has 0 aromatic carbocycles. The van der Waals surface area contributed by atoms with Crippen molar-refractivity contribution < 1.29 is 24.0 Å². The highest BCUT2D eigenvalue weighted by molar-refractivity contribution is 6.45. The van der Waals surface area contributed by atoms with Crippen LogP contribution >= 0.6 is 0 Å². The average molecular weight is 387 g/mol. The number of carbonyl (C=O) groups excluding carboxylic acids is 5. The van der Waals surface area contributed by atoms with E-state index in [-0.39, 0.29) is 23.4 Å². The maximum absolute atomic E-state index is 12.8. The van der Waals surface area contributed by atoms with Gasteiger partial charge in [0.15, 0.2) is 11.6 Å². The molecule has 2 atom stereocenters. The molecule has 8 heteroatoms. The van der Waals surface area contributed by atoms with Gasteiger partial charge in [0.05, 0.1) is 12.2 Å². The molecule has 2 fully saturated rings. The van der Waals surface area contributed by atoms with Crippen LogP contribution in [0.3, 0.4) is 0 Å². The highest BCUT2D eigenvalue weighted by atomic mass is 16.2. The van der Waals surface area contributed by atoms with Gasteiger partial charge in [-0.3, -0.25) is 24.1 Å². The number of amides is 4. The second-order valence-corrected chi connectivity index (χ2v) is 7.78. The van der Waals surface area contributed by atoms with E-state index in [1.807, 2.05) is 6.92 Å². The number of hydrogen-bond acceptors (Lipinski definition) is 5. The van der Waals surface area contributed by atoms with Crippen LogP contribution in [0.4, 0.5) is 4.79 Å². The Balaban J connectivity index is 1.83. The second kappa shape index (κ2) is 7.33. The van der Waals surface area contributed by atoms with Crippen LogP contribution in [0.2, 0.25) is 0 Å². The number of aryl methyl sites for hydroxylation is 1. The molecule has 8 nitrogen and oxygen atoms in total. The van der Waals surface area contributed by atoms with Crippen LogP contribution in [-0.4, -0.2) is 56.8 Å². The largest absolute Gasteiger partial charge is 0.355 e. The van der Waals surface area contributed by atoms with Crippen LogP contribution in [0.25, 0.3) is 0 Å². The third-order valence-corrected chi connectivity index (χ3v) is 5.85. The Kier molecular flexibility index (Phi) is 5.23.